The second kappa shape index (κ2) is 8.84. The minimum Gasteiger partial charge on any atom is -0.494 e. The van der Waals surface area contributed by atoms with Crippen LogP contribution in [0.4, 0.5) is 8.78 Å². The van der Waals surface area contributed by atoms with Gasteiger partial charge in [-0.2, -0.15) is 17.2 Å². The molecule has 0 saturated carbocycles. The van der Waals surface area contributed by atoms with E-state index in [4.69, 9.17) is 9.29 Å². The monoisotopic (exact) mass is 342 g/mol. The van der Waals surface area contributed by atoms with E-state index in [0.29, 0.717) is 37.2 Å². The summed E-state index contributed by atoms with van der Waals surface area (Å²) in [6.07, 6.45) is 1.45. The smallest absolute Gasteiger partial charge is 0.402 e. The van der Waals surface area contributed by atoms with Crippen molar-refractivity contribution in [2.45, 2.75) is 37.9 Å². The number of allylic oxidation sites excluding steroid dienone is 1. The summed E-state index contributed by atoms with van der Waals surface area (Å²) in [6, 6.07) is 0. The average molecular weight is 342 g/mol. The molecule has 0 rings (SSSR count). The third-order valence-corrected chi connectivity index (χ3v) is 3.43. The zero-order valence-corrected chi connectivity index (χ0v) is 13.1. The molecule has 0 saturated heterocycles. The van der Waals surface area contributed by atoms with Crippen molar-refractivity contribution >= 4 is 16.1 Å². The van der Waals surface area contributed by atoms with E-state index < -0.39 is 27.9 Å². The lowest BCUT2D eigenvalue weighted by molar-refractivity contribution is -0.149. The highest BCUT2D eigenvalue weighted by molar-refractivity contribution is 7.86. The number of alkyl halides is 2. The van der Waals surface area contributed by atoms with E-state index in [2.05, 4.69) is 17.9 Å². The zero-order chi connectivity index (χ0) is 17.4. The Morgan fingerprint density at radius 3 is 2.27 bits per heavy atom. The van der Waals surface area contributed by atoms with Crippen LogP contribution in [-0.2, 0) is 24.4 Å². The van der Waals surface area contributed by atoms with Crippen molar-refractivity contribution in [2.24, 2.45) is 0 Å². The van der Waals surface area contributed by atoms with Gasteiger partial charge in [-0.15, -0.1) is 0 Å². The predicted octanol–water partition coefficient (Wildman–Crippen LogP) is 2.68. The number of esters is 1. The van der Waals surface area contributed by atoms with Gasteiger partial charge in [0.1, 0.15) is 5.76 Å². The van der Waals surface area contributed by atoms with Gasteiger partial charge in [0.2, 0.25) is 0 Å². The molecule has 0 radical (unpaired) electrons. The molecule has 0 aromatic heterocycles. The Balaban J connectivity index is 3.80. The summed E-state index contributed by atoms with van der Waals surface area (Å²) in [5, 5.41) is -4.50. The molecule has 0 amide bonds. The third kappa shape index (κ3) is 8.08. The van der Waals surface area contributed by atoms with Crippen molar-refractivity contribution in [3.8, 4) is 0 Å². The summed E-state index contributed by atoms with van der Waals surface area (Å²) < 4.78 is 63.7. The van der Waals surface area contributed by atoms with Crippen molar-refractivity contribution in [3.63, 3.8) is 0 Å². The molecule has 6 nitrogen and oxygen atoms in total. The molecule has 0 unspecified atom stereocenters. The van der Waals surface area contributed by atoms with Gasteiger partial charge in [-0.25, -0.2) is 0 Å². The molecular weight excluding hydrogens is 322 g/mol. The molecule has 0 fully saturated rings. The number of halogens is 2. The van der Waals surface area contributed by atoms with E-state index in [0.717, 1.165) is 0 Å². The molecule has 22 heavy (non-hydrogen) atoms. The van der Waals surface area contributed by atoms with Crippen LogP contribution in [0.15, 0.2) is 24.5 Å². The van der Waals surface area contributed by atoms with Crippen molar-refractivity contribution in [1.82, 2.24) is 0 Å². The number of carbonyl (C=O) groups is 1. The van der Waals surface area contributed by atoms with Gasteiger partial charge in [0.25, 0.3) is 0 Å². The highest BCUT2D eigenvalue weighted by Crippen LogP contribution is 2.20. The maximum absolute atomic E-state index is 12.8. The fraction of sp³-hybridized carbons (Fsp3) is 0.615. The van der Waals surface area contributed by atoms with Crippen molar-refractivity contribution in [1.29, 1.82) is 0 Å². The minimum absolute atomic E-state index is 0.136. The Morgan fingerprint density at radius 2 is 1.77 bits per heavy atom. The summed E-state index contributed by atoms with van der Waals surface area (Å²) in [6.45, 7) is 7.71. The summed E-state index contributed by atoms with van der Waals surface area (Å²) in [4.78, 5) is 11.2. The van der Waals surface area contributed by atoms with E-state index in [1.807, 2.05) is 0 Å². The van der Waals surface area contributed by atoms with Gasteiger partial charge in [-0.3, -0.25) is 9.35 Å². The van der Waals surface area contributed by atoms with Crippen molar-refractivity contribution in [2.75, 3.05) is 13.2 Å². The Labute approximate surface area is 128 Å². The first-order valence-corrected chi connectivity index (χ1v) is 7.89. The SMILES string of the molecule is C=C(C)C(=C)OCCCCCC(=O)OCC(F)(F)S(=O)(=O)O. The van der Waals surface area contributed by atoms with Crippen molar-refractivity contribution < 1.29 is 36.0 Å². The second-order valence-corrected chi connectivity index (χ2v) is 6.18. The van der Waals surface area contributed by atoms with Crippen LogP contribution < -0.4 is 0 Å². The molecular formula is C13H20F2O6S. The number of carbonyl (C=O) groups excluding carboxylic acids is 1. The predicted molar refractivity (Wildman–Crippen MR) is 75.8 cm³/mol. The lowest BCUT2D eigenvalue weighted by atomic mass is 10.2. The topological polar surface area (TPSA) is 89.9 Å². The van der Waals surface area contributed by atoms with Crippen LogP contribution in [0.3, 0.4) is 0 Å². The van der Waals surface area contributed by atoms with E-state index in [1.54, 1.807) is 6.92 Å². The van der Waals surface area contributed by atoms with Crippen LogP contribution in [-0.4, -0.2) is 37.4 Å². The number of ether oxygens (including phenoxy) is 2. The first-order chi connectivity index (χ1) is 9.97. The molecule has 0 aromatic carbocycles. The van der Waals surface area contributed by atoms with Crippen LogP contribution in [0.25, 0.3) is 0 Å². The van der Waals surface area contributed by atoms with Crippen LogP contribution >= 0.6 is 0 Å². The van der Waals surface area contributed by atoms with E-state index in [9.17, 15) is 22.0 Å². The number of rotatable bonds is 11. The van der Waals surface area contributed by atoms with Gasteiger partial charge in [-0.05, 0) is 31.8 Å². The lowest BCUT2D eigenvalue weighted by Gasteiger charge is -2.13. The number of hydrogen-bond donors (Lipinski definition) is 1. The molecule has 0 spiro atoms. The Kier molecular flexibility index (Phi) is 8.25. The van der Waals surface area contributed by atoms with Gasteiger partial charge in [0.15, 0.2) is 6.61 Å². The average Bonchev–Trinajstić information content (AvgIpc) is 2.38. The number of unbranched alkanes of at least 4 members (excludes halogenated alkanes) is 2. The molecule has 0 aliphatic carbocycles. The van der Waals surface area contributed by atoms with Crippen LogP contribution in [0.2, 0.25) is 0 Å². The number of hydrogen-bond acceptors (Lipinski definition) is 5. The molecule has 1 N–H and O–H groups in total. The molecule has 128 valence electrons. The van der Waals surface area contributed by atoms with E-state index in [-0.39, 0.29) is 6.42 Å². The minimum atomic E-state index is -5.59. The molecule has 0 atom stereocenters. The van der Waals surface area contributed by atoms with Gasteiger partial charge in [-0.1, -0.05) is 13.2 Å². The van der Waals surface area contributed by atoms with Crippen LogP contribution in [0.5, 0.6) is 0 Å². The quantitative estimate of drug-likeness (QED) is 0.204. The summed E-state index contributed by atoms with van der Waals surface area (Å²) in [7, 11) is -5.59. The van der Waals surface area contributed by atoms with Gasteiger partial charge in [0, 0.05) is 6.42 Å². The molecule has 0 heterocycles. The highest BCUT2D eigenvalue weighted by atomic mass is 32.2. The van der Waals surface area contributed by atoms with Gasteiger partial charge >= 0.3 is 21.3 Å². The Morgan fingerprint density at radius 1 is 1.18 bits per heavy atom. The molecule has 0 aromatic rings. The van der Waals surface area contributed by atoms with Crippen LogP contribution in [0.1, 0.15) is 32.6 Å². The normalized spacial score (nSPS) is 11.8. The van der Waals surface area contributed by atoms with Gasteiger partial charge in [0.05, 0.1) is 6.61 Å². The van der Waals surface area contributed by atoms with E-state index in [1.165, 1.54) is 0 Å². The Bertz CT molecular complexity index is 513. The summed E-state index contributed by atoms with van der Waals surface area (Å²) >= 11 is 0. The van der Waals surface area contributed by atoms with Crippen molar-refractivity contribution in [3.05, 3.63) is 24.5 Å². The maximum Gasteiger partial charge on any atom is 0.402 e. The Hall–Kier alpha value is -1.48. The fourth-order valence-electron chi connectivity index (χ4n) is 1.18. The summed E-state index contributed by atoms with van der Waals surface area (Å²) in [5.74, 6) is -0.484. The largest absolute Gasteiger partial charge is 0.494 e. The standard InChI is InChI=1S/C13H20F2O6S/c1-10(2)11(3)20-8-6-4-5-7-12(16)21-9-13(14,15)22(17,18)19/h1,3-9H2,2H3,(H,17,18,19). The fourth-order valence-corrected chi connectivity index (χ4v) is 1.39. The van der Waals surface area contributed by atoms with E-state index >= 15 is 0 Å². The molecule has 9 heteroatoms. The second-order valence-electron chi connectivity index (χ2n) is 4.64. The molecule has 0 bridgehead atoms. The summed E-state index contributed by atoms with van der Waals surface area (Å²) in [5.41, 5.74) is 0.711. The van der Waals surface area contributed by atoms with Crippen LogP contribution in [0, 0.1) is 0 Å². The first kappa shape index (κ1) is 20.5. The molecule has 0 aliphatic heterocycles. The molecule has 0 aliphatic rings. The zero-order valence-electron chi connectivity index (χ0n) is 12.3. The lowest BCUT2D eigenvalue weighted by Crippen LogP contribution is -2.34. The third-order valence-electron chi connectivity index (χ3n) is 2.56. The van der Waals surface area contributed by atoms with Gasteiger partial charge < -0.3 is 9.47 Å². The maximum atomic E-state index is 12.8. The highest BCUT2D eigenvalue weighted by Gasteiger charge is 2.45. The first-order valence-electron chi connectivity index (χ1n) is 6.45.